The molecule has 1 saturated heterocycles. The van der Waals surface area contributed by atoms with E-state index < -0.39 is 0 Å². The Hall–Kier alpha value is -0.930. The fourth-order valence-electron chi connectivity index (χ4n) is 3.56. The minimum atomic E-state index is 0.557. The zero-order valence-electron chi connectivity index (χ0n) is 12.8. The lowest BCUT2D eigenvalue weighted by Crippen LogP contribution is -2.36. The van der Waals surface area contributed by atoms with E-state index in [9.17, 15) is 0 Å². The third-order valence-electron chi connectivity index (χ3n) is 4.43. The number of piperidine rings is 1. The number of nitrogens with one attached hydrogen (secondary N) is 1. The van der Waals surface area contributed by atoms with E-state index in [-0.39, 0.29) is 0 Å². The molecule has 1 fully saturated rings. The van der Waals surface area contributed by atoms with Gasteiger partial charge in [-0.15, -0.1) is 0 Å². The van der Waals surface area contributed by atoms with E-state index in [1.165, 1.54) is 12.0 Å². The first-order chi connectivity index (χ1) is 10.1. The van der Waals surface area contributed by atoms with Crippen LogP contribution in [-0.2, 0) is 0 Å². The van der Waals surface area contributed by atoms with Crippen molar-refractivity contribution < 1.29 is 9.47 Å². The smallest absolute Gasteiger partial charge is 0.179 e. The maximum Gasteiger partial charge on any atom is 0.179 e. The first-order valence-electron chi connectivity index (χ1n) is 7.95. The van der Waals surface area contributed by atoms with Gasteiger partial charge in [-0.1, -0.05) is 25.4 Å². The lowest BCUT2D eigenvalue weighted by molar-refractivity contribution is 0.171. The van der Waals surface area contributed by atoms with Gasteiger partial charge in [-0.05, 0) is 61.4 Å². The van der Waals surface area contributed by atoms with Crippen molar-refractivity contribution in [1.29, 1.82) is 0 Å². The van der Waals surface area contributed by atoms with Crippen molar-refractivity contribution in [3.05, 3.63) is 22.7 Å². The molecule has 1 aromatic rings. The number of fused-ring (bicyclic) bond motifs is 1. The first kappa shape index (κ1) is 15.0. The summed E-state index contributed by atoms with van der Waals surface area (Å²) in [5.74, 6) is 3.45. The van der Waals surface area contributed by atoms with Crippen molar-refractivity contribution in [2.45, 2.75) is 32.6 Å². The average molecular weight is 310 g/mol. The van der Waals surface area contributed by atoms with Crippen LogP contribution in [-0.4, -0.2) is 26.3 Å². The number of hydrogen-bond donors (Lipinski definition) is 1. The summed E-state index contributed by atoms with van der Waals surface area (Å²) in [5, 5.41) is 4.21. The van der Waals surface area contributed by atoms with Crippen LogP contribution in [0.1, 0.15) is 38.2 Å². The van der Waals surface area contributed by atoms with Gasteiger partial charge in [0.15, 0.2) is 11.5 Å². The van der Waals surface area contributed by atoms with Gasteiger partial charge in [0, 0.05) is 0 Å². The lowest BCUT2D eigenvalue weighted by atomic mass is 9.77. The number of benzene rings is 1. The number of halogens is 1. The van der Waals surface area contributed by atoms with Crippen LogP contribution in [0.4, 0.5) is 0 Å². The normalized spacial score (nSPS) is 25.1. The molecule has 21 heavy (non-hydrogen) atoms. The van der Waals surface area contributed by atoms with Gasteiger partial charge in [-0.2, -0.15) is 0 Å². The monoisotopic (exact) mass is 309 g/mol. The lowest BCUT2D eigenvalue weighted by Gasteiger charge is -2.34. The fourth-order valence-corrected chi connectivity index (χ4v) is 3.83. The van der Waals surface area contributed by atoms with Crippen LogP contribution in [0.5, 0.6) is 11.5 Å². The van der Waals surface area contributed by atoms with Gasteiger partial charge >= 0.3 is 0 Å². The highest BCUT2D eigenvalue weighted by Gasteiger charge is 2.29. The molecule has 116 valence electrons. The minimum absolute atomic E-state index is 0.557. The Kier molecular flexibility index (Phi) is 4.60. The topological polar surface area (TPSA) is 30.5 Å². The van der Waals surface area contributed by atoms with E-state index in [0.717, 1.165) is 25.3 Å². The first-order valence-corrected chi connectivity index (χ1v) is 8.32. The molecule has 0 bridgehead atoms. The number of ether oxygens (including phenoxy) is 2. The summed E-state index contributed by atoms with van der Waals surface area (Å²) in [6.07, 6.45) is 2.40. The molecule has 2 aliphatic rings. The highest BCUT2D eigenvalue weighted by Crippen LogP contribution is 2.43. The van der Waals surface area contributed by atoms with Crippen molar-refractivity contribution in [3.63, 3.8) is 0 Å². The third-order valence-corrected chi connectivity index (χ3v) is 4.71. The Morgan fingerprint density at radius 3 is 2.90 bits per heavy atom. The van der Waals surface area contributed by atoms with E-state index in [1.54, 1.807) is 0 Å². The van der Waals surface area contributed by atoms with Crippen LogP contribution in [0, 0.1) is 11.8 Å². The molecule has 2 atom stereocenters. The van der Waals surface area contributed by atoms with Crippen molar-refractivity contribution in [1.82, 2.24) is 5.32 Å². The molecule has 1 N–H and O–H groups in total. The summed E-state index contributed by atoms with van der Waals surface area (Å²) in [5.41, 5.74) is 1.30. The minimum Gasteiger partial charge on any atom is -0.486 e. The van der Waals surface area contributed by atoms with Gasteiger partial charge in [-0.25, -0.2) is 0 Å². The molecule has 2 aliphatic heterocycles. The third kappa shape index (κ3) is 3.29. The van der Waals surface area contributed by atoms with Crippen molar-refractivity contribution in [3.8, 4) is 11.5 Å². The van der Waals surface area contributed by atoms with Gasteiger partial charge in [0.25, 0.3) is 0 Å². The molecule has 0 saturated carbocycles. The Balaban J connectivity index is 1.88. The predicted octanol–water partition coefficient (Wildman–Crippen LogP) is 3.85. The summed E-state index contributed by atoms with van der Waals surface area (Å²) < 4.78 is 11.3. The molecule has 3 rings (SSSR count). The van der Waals surface area contributed by atoms with Gasteiger partial charge in [0.1, 0.15) is 13.2 Å². The summed E-state index contributed by atoms with van der Waals surface area (Å²) >= 11 is 6.40. The van der Waals surface area contributed by atoms with Gasteiger partial charge in [0.05, 0.1) is 5.02 Å². The highest BCUT2D eigenvalue weighted by molar-refractivity contribution is 6.32. The largest absolute Gasteiger partial charge is 0.486 e. The Labute approximate surface area is 132 Å². The van der Waals surface area contributed by atoms with Gasteiger partial charge in [-0.3, -0.25) is 0 Å². The summed E-state index contributed by atoms with van der Waals surface area (Å²) in [7, 11) is 0. The van der Waals surface area contributed by atoms with E-state index in [0.29, 0.717) is 41.7 Å². The second kappa shape index (κ2) is 6.45. The van der Waals surface area contributed by atoms with Crippen molar-refractivity contribution in [2.75, 3.05) is 26.3 Å². The molecule has 0 aromatic heterocycles. The van der Waals surface area contributed by atoms with E-state index in [1.807, 2.05) is 0 Å². The maximum atomic E-state index is 6.40. The highest BCUT2D eigenvalue weighted by atomic mass is 35.5. The second-order valence-electron chi connectivity index (χ2n) is 6.52. The Bertz CT molecular complexity index is 504. The van der Waals surface area contributed by atoms with E-state index in [4.69, 9.17) is 21.1 Å². The Morgan fingerprint density at radius 2 is 2.10 bits per heavy atom. The molecule has 0 radical (unpaired) electrons. The average Bonchev–Trinajstić information content (AvgIpc) is 2.47. The van der Waals surface area contributed by atoms with Crippen LogP contribution >= 0.6 is 11.6 Å². The van der Waals surface area contributed by atoms with Crippen LogP contribution in [0.15, 0.2) is 12.1 Å². The molecule has 0 spiro atoms. The second-order valence-corrected chi connectivity index (χ2v) is 6.92. The van der Waals surface area contributed by atoms with Crippen LogP contribution < -0.4 is 14.8 Å². The number of hydrogen-bond acceptors (Lipinski definition) is 3. The molecule has 4 heteroatoms. The molecule has 1 aromatic carbocycles. The molecule has 0 amide bonds. The fraction of sp³-hybridized carbons (Fsp3) is 0.647. The zero-order chi connectivity index (χ0) is 14.8. The molecule has 0 aliphatic carbocycles. The molecular formula is C17H24ClNO2. The van der Waals surface area contributed by atoms with E-state index >= 15 is 0 Å². The maximum absolute atomic E-state index is 6.40. The zero-order valence-corrected chi connectivity index (χ0v) is 13.6. The molecular weight excluding hydrogens is 286 g/mol. The molecule has 3 nitrogen and oxygen atoms in total. The van der Waals surface area contributed by atoms with Crippen LogP contribution in [0.2, 0.25) is 5.02 Å². The summed E-state index contributed by atoms with van der Waals surface area (Å²) in [4.78, 5) is 0. The van der Waals surface area contributed by atoms with Crippen molar-refractivity contribution >= 4 is 11.6 Å². The van der Waals surface area contributed by atoms with Crippen molar-refractivity contribution in [2.24, 2.45) is 11.8 Å². The van der Waals surface area contributed by atoms with Crippen LogP contribution in [0.25, 0.3) is 0 Å². The molecule has 2 unspecified atom stereocenters. The van der Waals surface area contributed by atoms with Gasteiger partial charge in [0.2, 0.25) is 0 Å². The van der Waals surface area contributed by atoms with Crippen LogP contribution in [0.3, 0.4) is 0 Å². The summed E-state index contributed by atoms with van der Waals surface area (Å²) in [6.45, 7) is 7.94. The quantitative estimate of drug-likeness (QED) is 0.920. The SMILES string of the molecule is CC(C)CC1CNCCC1c1cc(Cl)c2c(c1)OCCO2. The van der Waals surface area contributed by atoms with E-state index in [2.05, 4.69) is 31.3 Å². The van der Waals surface area contributed by atoms with Gasteiger partial charge < -0.3 is 14.8 Å². The standard InChI is InChI=1S/C17H24ClNO2/c1-11(2)7-13-10-19-4-3-14(13)12-8-15(18)17-16(9-12)20-5-6-21-17/h8-9,11,13-14,19H,3-7,10H2,1-2H3. The Morgan fingerprint density at radius 1 is 1.29 bits per heavy atom. The number of rotatable bonds is 3. The summed E-state index contributed by atoms with van der Waals surface area (Å²) in [6, 6.07) is 4.22. The molecule has 2 heterocycles. The predicted molar refractivity (Wildman–Crippen MR) is 85.6 cm³/mol.